The van der Waals surface area contributed by atoms with E-state index in [0.29, 0.717) is 26.8 Å². The van der Waals surface area contributed by atoms with Crippen LogP contribution in [0.1, 0.15) is 13.0 Å². The third-order valence-corrected chi connectivity index (χ3v) is 4.21. The van der Waals surface area contributed by atoms with Gasteiger partial charge in [-0.25, -0.2) is 4.79 Å². The molecule has 0 saturated heterocycles. The van der Waals surface area contributed by atoms with Crippen LogP contribution in [0.2, 0.25) is 10.0 Å². The van der Waals surface area contributed by atoms with E-state index in [1.165, 1.54) is 4.57 Å². The number of hydrogen-bond acceptors (Lipinski definition) is 3. The minimum atomic E-state index is -0.749. The van der Waals surface area contributed by atoms with Crippen molar-refractivity contribution >= 4 is 45.9 Å². The Morgan fingerprint density at radius 3 is 2.65 bits per heavy atom. The second-order valence-electron chi connectivity index (χ2n) is 5.00. The van der Waals surface area contributed by atoms with E-state index in [9.17, 15) is 9.59 Å². The van der Waals surface area contributed by atoms with Gasteiger partial charge in [0, 0.05) is 5.69 Å². The number of nitrogens with one attached hydrogen (secondary N) is 1. The molecule has 1 N–H and O–H groups in total. The fourth-order valence-electron chi connectivity index (χ4n) is 2.29. The molecule has 5 nitrogen and oxygen atoms in total. The lowest BCUT2D eigenvalue weighted by atomic mass is 10.2. The molecule has 1 atom stereocenters. The summed E-state index contributed by atoms with van der Waals surface area (Å²) < 4.78 is 6.45. The number of benzene rings is 2. The second-order valence-corrected chi connectivity index (χ2v) is 5.81. The number of carbonyl (C=O) groups excluding carboxylic acids is 1. The summed E-state index contributed by atoms with van der Waals surface area (Å²) in [5.41, 5.74) is 1.50. The molecule has 3 aromatic rings. The van der Waals surface area contributed by atoms with Gasteiger partial charge >= 0.3 is 5.76 Å². The molecule has 1 aromatic heterocycles. The van der Waals surface area contributed by atoms with Crippen molar-refractivity contribution in [3.05, 3.63) is 63.1 Å². The molecule has 0 aliphatic rings. The van der Waals surface area contributed by atoms with Crippen molar-refractivity contribution in [3.8, 4) is 0 Å². The van der Waals surface area contributed by atoms with Crippen molar-refractivity contribution in [2.75, 3.05) is 5.32 Å². The number of hydrogen-bond donors (Lipinski definition) is 1. The maximum Gasteiger partial charge on any atom is 0.420 e. The summed E-state index contributed by atoms with van der Waals surface area (Å²) in [7, 11) is 0. The van der Waals surface area contributed by atoms with Gasteiger partial charge in [-0.2, -0.15) is 0 Å². The van der Waals surface area contributed by atoms with Crippen molar-refractivity contribution in [2.45, 2.75) is 13.0 Å². The number of amides is 1. The molecule has 0 spiro atoms. The lowest BCUT2D eigenvalue weighted by molar-refractivity contribution is -0.118. The summed E-state index contributed by atoms with van der Waals surface area (Å²) in [5, 5.41) is 3.44. The first kappa shape index (κ1) is 15.6. The number of anilines is 1. The Labute approximate surface area is 141 Å². The highest BCUT2D eigenvalue weighted by Crippen LogP contribution is 2.25. The molecule has 0 radical (unpaired) electrons. The fraction of sp³-hybridized carbons (Fsp3) is 0.125. The Morgan fingerprint density at radius 2 is 1.91 bits per heavy atom. The van der Waals surface area contributed by atoms with Crippen LogP contribution in [0.15, 0.2) is 51.7 Å². The van der Waals surface area contributed by atoms with Gasteiger partial charge in [-0.05, 0) is 37.3 Å². The first-order valence-corrected chi connectivity index (χ1v) is 7.59. The van der Waals surface area contributed by atoms with Crippen molar-refractivity contribution < 1.29 is 9.21 Å². The number of carbonyl (C=O) groups is 1. The molecule has 0 aliphatic carbocycles. The first-order valence-electron chi connectivity index (χ1n) is 6.83. The van der Waals surface area contributed by atoms with Gasteiger partial charge in [0.05, 0.1) is 15.6 Å². The average Bonchev–Trinajstić information content (AvgIpc) is 2.86. The second kappa shape index (κ2) is 6.10. The molecule has 118 valence electrons. The third kappa shape index (κ3) is 2.98. The van der Waals surface area contributed by atoms with E-state index in [1.807, 2.05) is 0 Å². The molecule has 2 aromatic carbocycles. The monoisotopic (exact) mass is 350 g/mol. The standard InChI is InChI=1S/C16H12Cl2N2O3/c1-9(15(21)19-10-6-7-11(17)12(18)8-10)20-13-4-2-3-5-14(13)23-16(20)22/h2-9H,1H3,(H,19,21). The molecule has 3 rings (SSSR count). The molecule has 7 heteroatoms. The van der Waals surface area contributed by atoms with Gasteiger partial charge in [0.15, 0.2) is 5.58 Å². The average molecular weight is 351 g/mol. The maximum absolute atomic E-state index is 12.4. The van der Waals surface area contributed by atoms with Crippen LogP contribution in [0.5, 0.6) is 0 Å². The highest BCUT2D eigenvalue weighted by Gasteiger charge is 2.21. The number of oxazole rings is 1. The molecule has 0 aliphatic heterocycles. The zero-order valence-corrected chi connectivity index (χ0v) is 13.6. The van der Waals surface area contributed by atoms with Gasteiger partial charge in [-0.15, -0.1) is 0 Å². The highest BCUT2D eigenvalue weighted by molar-refractivity contribution is 6.42. The predicted molar refractivity (Wildman–Crippen MR) is 90.3 cm³/mol. The number of nitrogens with zero attached hydrogens (tertiary/aromatic N) is 1. The summed E-state index contributed by atoms with van der Waals surface area (Å²) in [6.07, 6.45) is 0. The zero-order chi connectivity index (χ0) is 16.6. The SMILES string of the molecule is CC(C(=O)Nc1ccc(Cl)c(Cl)c1)n1c(=O)oc2ccccc21. The smallest absolute Gasteiger partial charge is 0.408 e. The van der Waals surface area contributed by atoms with E-state index < -0.39 is 11.8 Å². The van der Waals surface area contributed by atoms with Gasteiger partial charge < -0.3 is 9.73 Å². The van der Waals surface area contributed by atoms with E-state index in [4.69, 9.17) is 27.6 Å². The van der Waals surface area contributed by atoms with Crippen LogP contribution in [0, 0.1) is 0 Å². The molecular formula is C16H12Cl2N2O3. The number of para-hydroxylation sites is 2. The normalized spacial score (nSPS) is 12.3. The summed E-state index contributed by atoms with van der Waals surface area (Å²) in [4.78, 5) is 24.4. The third-order valence-electron chi connectivity index (χ3n) is 3.47. The summed E-state index contributed by atoms with van der Waals surface area (Å²) in [5.74, 6) is -0.944. The predicted octanol–water partition coefficient (Wildman–Crippen LogP) is 4.10. The summed E-state index contributed by atoms with van der Waals surface area (Å²) >= 11 is 11.8. The van der Waals surface area contributed by atoms with Gasteiger partial charge in [0.1, 0.15) is 6.04 Å². The van der Waals surface area contributed by atoms with Crippen molar-refractivity contribution in [1.29, 1.82) is 0 Å². The Balaban J connectivity index is 1.91. The van der Waals surface area contributed by atoms with E-state index in [1.54, 1.807) is 49.4 Å². The molecule has 23 heavy (non-hydrogen) atoms. The lowest BCUT2D eigenvalue weighted by Crippen LogP contribution is -2.29. The van der Waals surface area contributed by atoms with Gasteiger partial charge in [0.25, 0.3) is 0 Å². The van der Waals surface area contributed by atoms with Crippen molar-refractivity contribution in [3.63, 3.8) is 0 Å². The zero-order valence-electron chi connectivity index (χ0n) is 12.0. The Morgan fingerprint density at radius 1 is 1.17 bits per heavy atom. The summed E-state index contributed by atoms with van der Waals surface area (Å²) in [6.45, 7) is 1.62. The van der Waals surface area contributed by atoms with Crippen LogP contribution in [-0.2, 0) is 4.79 Å². The van der Waals surface area contributed by atoms with Crippen LogP contribution in [-0.4, -0.2) is 10.5 Å². The quantitative estimate of drug-likeness (QED) is 0.773. The lowest BCUT2D eigenvalue weighted by Gasteiger charge is -2.13. The Hall–Kier alpha value is -2.24. The number of halogens is 2. The molecule has 0 bridgehead atoms. The van der Waals surface area contributed by atoms with E-state index in [-0.39, 0.29) is 5.91 Å². The van der Waals surface area contributed by atoms with Crippen molar-refractivity contribution in [2.24, 2.45) is 0 Å². The highest BCUT2D eigenvalue weighted by atomic mass is 35.5. The molecule has 1 heterocycles. The number of fused-ring (bicyclic) bond motifs is 1. The Bertz CT molecular complexity index is 946. The minimum Gasteiger partial charge on any atom is -0.408 e. The minimum absolute atomic E-state index is 0.336. The van der Waals surface area contributed by atoms with Crippen LogP contribution in [0.4, 0.5) is 5.69 Å². The van der Waals surface area contributed by atoms with Crippen LogP contribution < -0.4 is 11.1 Å². The van der Waals surface area contributed by atoms with Crippen molar-refractivity contribution in [1.82, 2.24) is 4.57 Å². The van der Waals surface area contributed by atoms with E-state index in [0.717, 1.165) is 0 Å². The molecule has 0 fully saturated rings. The Kier molecular flexibility index (Phi) is 4.15. The molecule has 0 saturated carbocycles. The van der Waals surface area contributed by atoms with Gasteiger partial charge in [-0.1, -0.05) is 35.3 Å². The molecule has 1 amide bonds. The van der Waals surface area contributed by atoms with Crippen LogP contribution in [0.3, 0.4) is 0 Å². The number of aromatic nitrogens is 1. The van der Waals surface area contributed by atoms with Crippen LogP contribution >= 0.6 is 23.2 Å². The van der Waals surface area contributed by atoms with E-state index in [2.05, 4.69) is 5.32 Å². The maximum atomic E-state index is 12.4. The van der Waals surface area contributed by atoms with Crippen LogP contribution in [0.25, 0.3) is 11.1 Å². The largest absolute Gasteiger partial charge is 0.420 e. The molecule has 1 unspecified atom stereocenters. The van der Waals surface area contributed by atoms with Gasteiger partial charge in [0.2, 0.25) is 5.91 Å². The van der Waals surface area contributed by atoms with E-state index >= 15 is 0 Å². The molecular weight excluding hydrogens is 339 g/mol. The van der Waals surface area contributed by atoms with Gasteiger partial charge in [-0.3, -0.25) is 9.36 Å². The number of rotatable bonds is 3. The summed E-state index contributed by atoms with van der Waals surface area (Å²) in [6, 6.07) is 11.0. The fourth-order valence-corrected chi connectivity index (χ4v) is 2.59. The topological polar surface area (TPSA) is 64.2 Å². The first-order chi connectivity index (χ1) is 11.0.